The Balaban J connectivity index is 1.97. The minimum absolute atomic E-state index is 0.0755. The zero-order chi connectivity index (χ0) is 18.8. The van der Waals surface area contributed by atoms with Crippen LogP contribution in [0.2, 0.25) is 0 Å². The maximum absolute atomic E-state index is 12.4. The number of amides is 2. The second-order valence-electron chi connectivity index (χ2n) is 5.60. The fraction of sp³-hybridized carbons (Fsp3) is 0.176. The minimum atomic E-state index is -1.45. The molecule has 3 rings (SSSR count). The molecule has 0 saturated carbocycles. The summed E-state index contributed by atoms with van der Waals surface area (Å²) in [5, 5.41) is 17.0. The molecule has 0 spiro atoms. The number of fused-ring (bicyclic) bond motifs is 3. The highest BCUT2D eigenvalue weighted by molar-refractivity contribution is 6.12. The van der Waals surface area contributed by atoms with Crippen molar-refractivity contribution in [1.29, 1.82) is 0 Å². The lowest BCUT2D eigenvalue weighted by Gasteiger charge is -2.11. The van der Waals surface area contributed by atoms with Gasteiger partial charge in [0.15, 0.2) is 11.3 Å². The fourth-order valence-corrected chi connectivity index (χ4v) is 2.62. The SMILES string of the molecule is COc1ccc2c(ccc3c(C(=O)N[C@@H](CC(N)=O)C(=O)O)noc32)c1. The summed E-state index contributed by atoms with van der Waals surface area (Å²) in [6.07, 6.45) is -0.528. The van der Waals surface area contributed by atoms with Gasteiger partial charge in [-0.2, -0.15) is 0 Å². The van der Waals surface area contributed by atoms with E-state index in [1.165, 1.54) is 0 Å². The molecule has 4 N–H and O–H groups in total. The molecule has 0 bridgehead atoms. The van der Waals surface area contributed by atoms with Crippen molar-refractivity contribution in [3.8, 4) is 5.75 Å². The first kappa shape index (κ1) is 17.2. The number of ether oxygens (including phenoxy) is 1. The lowest BCUT2D eigenvalue weighted by Crippen LogP contribution is -2.43. The molecule has 0 aliphatic rings. The van der Waals surface area contributed by atoms with Crippen LogP contribution in [0.1, 0.15) is 16.9 Å². The highest BCUT2D eigenvalue weighted by Crippen LogP contribution is 2.30. The molecule has 26 heavy (non-hydrogen) atoms. The van der Waals surface area contributed by atoms with Gasteiger partial charge in [-0.3, -0.25) is 9.59 Å². The minimum Gasteiger partial charge on any atom is -0.497 e. The van der Waals surface area contributed by atoms with Gasteiger partial charge in [-0.05, 0) is 29.7 Å². The van der Waals surface area contributed by atoms with Crippen molar-refractivity contribution in [3.05, 3.63) is 36.0 Å². The van der Waals surface area contributed by atoms with E-state index < -0.39 is 30.2 Å². The van der Waals surface area contributed by atoms with Crippen molar-refractivity contribution in [2.24, 2.45) is 5.73 Å². The van der Waals surface area contributed by atoms with Gasteiger partial charge in [0.05, 0.1) is 18.9 Å². The van der Waals surface area contributed by atoms with Gasteiger partial charge in [-0.1, -0.05) is 11.2 Å². The summed E-state index contributed by atoms with van der Waals surface area (Å²) in [6.45, 7) is 0. The van der Waals surface area contributed by atoms with E-state index in [9.17, 15) is 14.4 Å². The summed E-state index contributed by atoms with van der Waals surface area (Å²) in [6, 6.07) is 7.30. The normalized spacial score (nSPS) is 12.0. The van der Waals surface area contributed by atoms with Gasteiger partial charge in [0, 0.05) is 5.39 Å². The predicted molar refractivity (Wildman–Crippen MR) is 90.8 cm³/mol. The Kier molecular flexibility index (Phi) is 4.44. The molecule has 1 aromatic heterocycles. The number of aliphatic carboxylic acids is 1. The number of hydrogen-bond acceptors (Lipinski definition) is 6. The van der Waals surface area contributed by atoms with E-state index in [1.54, 1.807) is 31.4 Å². The average Bonchev–Trinajstić information content (AvgIpc) is 3.04. The molecule has 2 aromatic carbocycles. The van der Waals surface area contributed by atoms with Crippen LogP contribution in [-0.2, 0) is 9.59 Å². The van der Waals surface area contributed by atoms with Gasteiger partial charge in [0.2, 0.25) is 5.91 Å². The lowest BCUT2D eigenvalue weighted by atomic mass is 10.1. The number of carboxylic acids is 1. The van der Waals surface area contributed by atoms with Crippen LogP contribution in [0.5, 0.6) is 5.75 Å². The van der Waals surface area contributed by atoms with Gasteiger partial charge >= 0.3 is 5.97 Å². The first-order valence-corrected chi connectivity index (χ1v) is 7.59. The molecule has 1 heterocycles. The number of nitrogens with one attached hydrogen (secondary N) is 1. The van der Waals surface area contributed by atoms with Crippen molar-refractivity contribution in [2.45, 2.75) is 12.5 Å². The number of hydrogen-bond donors (Lipinski definition) is 3. The van der Waals surface area contributed by atoms with Gasteiger partial charge in [0.1, 0.15) is 11.8 Å². The zero-order valence-corrected chi connectivity index (χ0v) is 13.7. The van der Waals surface area contributed by atoms with Crippen molar-refractivity contribution >= 4 is 39.5 Å². The number of primary amides is 1. The van der Waals surface area contributed by atoms with Crippen LogP contribution in [0.15, 0.2) is 34.9 Å². The first-order valence-electron chi connectivity index (χ1n) is 7.59. The van der Waals surface area contributed by atoms with Crippen molar-refractivity contribution < 1.29 is 28.8 Å². The predicted octanol–water partition coefficient (Wildman–Crippen LogP) is 1.05. The molecule has 0 fully saturated rings. The number of benzene rings is 2. The number of aromatic nitrogens is 1. The maximum atomic E-state index is 12.4. The third-order valence-corrected chi connectivity index (χ3v) is 3.88. The van der Waals surface area contributed by atoms with Crippen LogP contribution in [0.25, 0.3) is 21.7 Å². The van der Waals surface area contributed by atoms with E-state index in [2.05, 4.69) is 10.5 Å². The Labute approximate surface area is 146 Å². The topological polar surface area (TPSA) is 145 Å². The van der Waals surface area contributed by atoms with E-state index in [1.807, 2.05) is 6.07 Å². The van der Waals surface area contributed by atoms with Crippen LogP contribution in [-0.4, -0.2) is 41.2 Å². The Morgan fingerprint density at radius 1 is 1.27 bits per heavy atom. The van der Waals surface area contributed by atoms with Gasteiger partial charge < -0.3 is 25.4 Å². The number of nitrogens with two attached hydrogens (primary N) is 1. The highest BCUT2D eigenvalue weighted by Gasteiger charge is 2.26. The Hall–Kier alpha value is -3.62. The molecule has 9 nitrogen and oxygen atoms in total. The standard InChI is InChI=1S/C17H15N3O6/c1-25-9-3-5-10-8(6-9)2-4-11-14(20-26-15(10)11)16(22)19-12(17(23)24)7-13(18)21/h2-6,12H,7H2,1H3,(H2,18,21)(H,19,22)(H,23,24)/t12-/m0/s1. The third kappa shape index (κ3) is 3.14. The summed E-state index contributed by atoms with van der Waals surface area (Å²) in [4.78, 5) is 34.5. The maximum Gasteiger partial charge on any atom is 0.326 e. The summed E-state index contributed by atoms with van der Waals surface area (Å²) < 4.78 is 10.5. The van der Waals surface area contributed by atoms with Crippen LogP contribution in [0, 0.1) is 0 Å². The number of carbonyl (C=O) groups is 3. The number of carbonyl (C=O) groups excluding carboxylic acids is 2. The molecule has 2 amide bonds. The van der Waals surface area contributed by atoms with E-state index in [-0.39, 0.29) is 5.69 Å². The van der Waals surface area contributed by atoms with Crippen molar-refractivity contribution in [3.63, 3.8) is 0 Å². The van der Waals surface area contributed by atoms with Crippen molar-refractivity contribution in [2.75, 3.05) is 7.11 Å². The van der Waals surface area contributed by atoms with Gasteiger partial charge in [0.25, 0.3) is 5.91 Å². The quantitative estimate of drug-likeness (QED) is 0.598. The molecule has 0 radical (unpaired) electrons. The molecule has 134 valence electrons. The largest absolute Gasteiger partial charge is 0.497 e. The number of methoxy groups -OCH3 is 1. The zero-order valence-electron chi connectivity index (χ0n) is 13.7. The van der Waals surface area contributed by atoms with Gasteiger partial charge in [-0.15, -0.1) is 0 Å². The monoisotopic (exact) mass is 357 g/mol. The summed E-state index contributed by atoms with van der Waals surface area (Å²) in [5.41, 5.74) is 5.31. The molecular weight excluding hydrogens is 342 g/mol. The molecule has 3 aromatic rings. The van der Waals surface area contributed by atoms with E-state index in [4.69, 9.17) is 20.1 Å². The first-order chi connectivity index (χ1) is 12.4. The number of rotatable bonds is 6. The van der Waals surface area contributed by atoms with Crippen LogP contribution < -0.4 is 15.8 Å². The van der Waals surface area contributed by atoms with E-state index >= 15 is 0 Å². The summed E-state index contributed by atoms with van der Waals surface area (Å²) >= 11 is 0. The summed E-state index contributed by atoms with van der Waals surface area (Å²) in [7, 11) is 1.56. The third-order valence-electron chi connectivity index (χ3n) is 3.88. The highest BCUT2D eigenvalue weighted by atomic mass is 16.5. The molecule has 0 aliphatic heterocycles. The second-order valence-corrected chi connectivity index (χ2v) is 5.60. The molecule has 0 saturated heterocycles. The second kappa shape index (κ2) is 6.71. The van der Waals surface area contributed by atoms with Crippen LogP contribution >= 0.6 is 0 Å². The van der Waals surface area contributed by atoms with Crippen LogP contribution in [0.4, 0.5) is 0 Å². The lowest BCUT2D eigenvalue weighted by molar-refractivity contribution is -0.140. The van der Waals surface area contributed by atoms with E-state index in [0.29, 0.717) is 16.7 Å². The molecule has 9 heteroatoms. The molecule has 0 aliphatic carbocycles. The smallest absolute Gasteiger partial charge is 0.326 e. The van der Waals surface area contributed by atoms with Crippen molar-refractivity contribution in [1.82, 2.24) is 10.5 Å². The van der Waals surface area contributed by atoms with Gasteiger partial charge in [-0.25, -0.2) is 4.79 Å². The summed E-state index contributed by atoms with van der Waals surface area (Å²) in [5.74, 6) is -2.32. The fourth-order valence-electron chi connectivity index (χ4n) is 2.62. The Morgan fingerprint density at radius 2 is 2.00 bits per heavy atom. The number of nitrogens with zero attached hydrogens (tertiary/aromatic N) is 1. The van der Waals surface area contributed by atoms with Crippen LogP contribution in [0.3, 0.4) is 0 Å². The molecule has 1 atom stereocenters. The Morgan fingerprint density at radius 3 is 2.65 bits per heavy atom. The molecular formula is C17H15N3O6. The number of carboxylic acid groups (broad SMARTS) is 1. The average molecular weight is 357 g/mol. The Bertz CT molecular complexity index is 1030. The van der Waals surface area contributed by atoms with E-state index in [0.717, 1.165) is 10.8 Å². The molecule has 0 unspecified atom stereocenters.